The number of hydrogen-bond donors (Lipinski definition) is 3. The molecule has 0 spiro atoms. The van der Waals surface area contributed by atoms with Gasteiger partial charge in [0.2, 0.25) is 5.95 Å². The molecule has 42 heavy (non-hydrogen) atoms. The molecule has 0 aliphatic carbocycles. The lowest BCUT2D eigenvalue weighted by molar-refractivity contribution is -0.192. The van der Waals surface area contributed by atoms with Crippen molar-refractivity contribution in [3.8, 4) is 11.1 Å². The molecule has 4 aromatic rings. The third-order valence-corrected chi connectivity index (χ3v) is 6.34. The van der Waals surface area contributed by atoms with Crippen LogP contribution in [0, 0.1) is 5.82 Å². The molecule has 0 fully saturated rings. The minimum atomic E-state index is -5.08. The van der Waals surface area contributed by atoms with E-state index in [1.165, 1.54) is 17.0 Å². The summed E-state index contributed by atoms with van der Waals surface area (Å²) in [4.78, 5) is 31.3. The molecule has 0 bridgehead atoms. The summed E-state index contributed by atoms with van der Waals surface area (Å²) in [6.07, 6.45) is -3.19. The first-order valence-electron chi connectivity index (χ1n) is 12.6. The zero-order valence-corrected chi connectivity index (χ0v) is 23.0. The van der Waals surface area contributed by atoms with Gasteiger partial charge in [0.15, 0.2) is 5.82 Å². The summed E-state index contributed by atoms with van der Waals surface area (Å²) in [5.41, 5.74) is 12.7. The van der Waals surface area contributed by atoms with Crippen LogP contribution >= 0.6 is 0 Å². The van der Waals surface area contributed by atoms with Crippen molar-refractivity contribution in [3.05, 3.63) is 70.7 Å². The predicted molar refractivity (Wildman–Crippen MR) is 150 cm³/mol. The maximum Gasteiger partial charge on any atom is 0.490 e. The predicted octanol–water partition coefficient (Wildman–Crippen LogP) is 5.25. The van der Waals surface area contributed by atoms with Crippen molar-refractivity contribution in [2.75, 3.05) is 25.1 Å². The second-order valence-electron chi connectivity index (χ2n) is 9.89. The maximum absolute atomic E-state index is 14.8. The Kier molecular flexibility index (Phi) is 8.18. The largest absolute Gasteiger partial charge is 0.490 e. The highest BCUT2D eigenvalue weighted by atomic mass is 19.4. The normalized spacial score (nSPS) is 12.2. The number of amides is 1. The van der Waals surface area contributed by atoms with Crippen LogP contribution in [0.4, 0.5) is 35.0 Å². The fourth-order valence-electron chi connectivity index (χ4n) is 4.33. The Morgan fingerprint density at radius 1 is 1.12 bits per heavy atom. The van der Waals surface area contributed by atoms with E-state index < -0.39 is 18.0 Å². The number of carboxylic acids is 1. The minimum absolute atomic E-state index is 0.148. The number of nitrogens with one attached hydrogen (secondary N) is 1. The van der Waals surface area contributed by atoms with Crippen molar-refractivity contribution in [1.82, 2.24) is 19.5 Å². The number of carboxylic acid groups (broad SMARTS) is 1. The lowest BCUT2D eigenvalue weighted by Crippen LogP contribution is -2.21. The van der Waals surface area contributed by atoms with E-state index in [1.807, 2.05) is 18.3 Å². The number of anilines is 3. The molecule has 1 amide bonds. The van der Waals surface area contributed by atoms with Gasteiger partial charge in [0.1, 0.15) is 11.3 Å². The molecule has 10 nitrogen and oxygen atoms in total. The second-order valence-corrected chi connectivity index (χ2v) is 9.89. The van der Waals surface area contributed by atoms with E-state index >= 15 is 0 Å². The lowest BCUT2D eigenvalue weighted by atomic mass is 9.97. The number of alkyl halides is 3. The first kappa shape index (κ1) is 30.0. The smallest absolute Gasteiger partial charge is 0.475 e. The van der Waals surface area contributed by atoms with Crippen LogP contribution in [0.5, 0.6) is 0 Å². The first-order chi connectivity index (χ1) is 19.7. The average molecular weight is 586 g/mol. The number of nitrogens with two attached hydrogens (primary N) is 1. The molecule has 2 aromatic heterocycles. The number of nitrogens with zero attached hydrogens (tertiary/aromatic N) is 5. The number of benzene rings is 2. The lowest BCUT2D eigenvalue weighted by Gasteiger charge is -2.13. The van der Waals surface area contributed by atoms with Gasteiger partial charge in [0, 0.05) is 42.7 Å². The van der Waals surface area contributed by atoms with Gasteiger partial charge in [0.05, 0.1) is 12.2 Å². The summed E-state index contributed by atoms with van der Waals surface area (Å²) >= 11 is 0. The van der Waals surface area contributed by atoms with Gasteiger partial charge in [-0.2, -0.15) is 18.2 Å². The van der Waals surface area contributed by atoms with E-state index in [4.69, 9.17) is 15.6 Å². The third-order valence-electron chi connectivity index (χ3n) is 6.34. The van der Waals surface area contributed by atoms with Crippen molar-refractivity contribution < 1.29 is 32.3 Å². The Bertz CT molecular complexity index is 1710. The molecule has 0 saturated carbocycles. The van der Waals surface area contributed by atoms with Crippen LogP contribution in [0.15, 0.2) is 47.5 Å². The number of carbonyl (C=O) groups excluding carboxylic acids is 1. The molecule has 220 valence electrons. The number of aliphatic imine (C=N–C) groups is 1. The topological polar surface area (TPSA) is 138 Å². The van der Waals surface area contributed by atoms with Crippen LogP contribution in [0.3, 0.4) is 0 Å². The Hall–Kier alpha value is -5.01. The summed E-state index contributed by atoms with van der Waals surface area (Å²) < 4.78 is 48.3. The number of carbonyl (C=O) groups is 2. The van der Waals surface area contributed by atoms with Gasteiger partial charge in [-0.3, -0.25) is 9.79 Å². The number of nitrogen functional groups attached to an aromatic ring is 1. The molecule has 4 N–H and O–H groups in total. The SMILES string of the molecule is CC(C)c1cc(-c2cccc3c2C=NC3)c2c(N)nc(Nc3ccc(C(=O)N(C)C)cc3F)nn12.O=C(O)C(F)(F)F. The van der Waals surface area contributed by atoms with E-state index in [9.17, 15) is 22.4 Å². The van der Waals surface area contributed by atoms with E-state index in [0.717, 1.165) is 27.9 Å². The summed E-state index contributed by atoms with van der Waals surface area (Å²) in [5.74, 6) is -3.04. The fraction of sp³-hybridized carbons (Fsp3) is 0.250. The molecule has 1 aliphatic heterocycles. The second kappa shape index (κ2) is 11.5. The van der Waals surface area contributed by atoms with Crippen LogP contribution in [-0.2, 0) is 11.3 Å². The molecule has 0 unspecified atom stereocenters. The molecule has 2 aromatic carbocycles. The van der Waals surface area contributed by atoms with Gasteiger partial charge in [-0.1, -0.05) is 32.0 Å². The van der Waals surface area contributed by atoms with Crippen molar-refractivity contribution in [3.63, 3.8) is 0 Å². The Morgan fingerprint density at radius 2 is 1.81 bits per heavy atom. The van der Waals surface area contributed by atoms with Crippen LogP contribution in [0.25, 0.3) is 16.6 Å². The zero-order valence-electron chi connectivity index (χ0n) is 23.0. The molecule has 14 heteroatoms. The first-order valence-corrected chi connectivity index (χ1v) is 12.6. The number of rotatable bonds is 5. The van der Waals surface area contributed by atoms with Crippen molar-refractivity contribution in [2.24, 2.45) is 4.99 Å². The molecular weight excluding hydrogens is 558 g/mol. The zero-order chi connectivity index (χ0) is 30.9. The molecule has 0 atom stereocenters. The standard InChI is InChI=1S/C26H26FN7O.C2HF3O2/c1-14(2)22-11-18(17-7-5-6-16-12-29-13-19(16)17)23-24(28)31-26(32-34(22)23)30-21-9-8-15(10-20(21)27)25(35)33(3)4;3-2(4,5)1(6)7/h5-11,13-14H,12H2,1-4H3,(H3,28,30,31,32);(H,6,7). The summed E-state index contributed by atoms with van der Waals surface area (Å²) in [6.45, 7) is 4.82. The molecule has 0 saturated heterocycles. The van der Waals surface area contributed by atoms with E-state index in [2.05, 4.69) is 46.4 Å². The van der Waals surface area contributed by atoms with Crippen molar-refractivity contribution >= 4 is 41.1 Å². The highest BCUT2D eigenvalue weighted by Gasteiger charge is 2.38. The fourth-order valence-corrected chi connectivity index (χ4v) is 4.33. The van der Waals surface area contributed by atoms with Gasteiger partial charge in [0.25, 0.3) is 5.91 Å². The van der Waals surface area contributed by atoms with Crippen LogP contribution in [-0.4, -0.2) is 63.0 Å². The van der Waals surface area contributed by atoms with Crippen LogP contribution in [0.2, 0.25) is 0 Å². The quantitative estimate of drug-likeness (QED) is 0.272. The molecular formula is C28H27F4N7O3. The molecule has 5 rings (SSSR count). The summed E-state index contributed by atoms with van der Waals surface area (Å²) in [6, 6.07) is 12.5. The summed E-state index contributed by atoms with van der Waals surface area (Å²) in [5, 5.41) is 14.7. The van der Waals surface area contributed by atoms with Gasteiger partial charge in [-0.05, 0) is 41.3 Å². The Labute approximate surface area is 237 Å². The molecule has 3 heterocycles. The monoisotopic (exact) mass is 585 g/mol. The number of halogens is 4. The Morgan fingerprint density at radius 3 is 2.40 bits per heavy atom. The minimum Gasteiger partial charge on any atom is -0.475 e. The van der Waals surface area contributed by atoms with Crippen LogP contribution in [0.1, 0.15) is 46.9 Å². The highest BCUT2D eigenvalue weighted by Crippen LogP contribution is 2.37. The van der Waals surface area contributed by atoms with E-state index in [1.54, 1.807) is 24.7 Å². The highest BCUT2D eigenvalue weighted by molar-refractivity contribution is 5.99. The average Bonchev–Trinajstić information content (AvgIpc) is 3.54. The van der Waals surface area contributed by atoms with E-state index in [0.29, 0.717) is 12.1 Å². The van der Waals surface area contributed by atoms with Crippen molar-refractivity contribution in [2.45, 2.75) is 32.5 Å². The van der Waals surface area contributed by atoms with E-state index in [-0.39, 0.29) is 34.8 Å². The molecule has 0 radical (unpaired) electrons. The number of aliphatic carboxylic acids is 1. The summed E-state index contributed by atoms with van der Waals surface area (Å²) in [7, 11) is 3.23. The third kappa shape index (κ3) is 6.01. The molecule has 1 aliphatic rings. The van der Waals surface area contributed by atoms with Crippen LogP contribution < -0.4 is 11.1 Å². The Balaban J connectivity index is 0.000000517. The van der Waals surface area contributed by atoms with Gasteiger partial charge >= 0.3 is 12.1 Å². The maximum atomic E-state index is 14.8. The number of fused-ring (bicyclic) bond motifs is 2. The number of aromatic nitrogens is 3. The number of hydrogen-bond acceptors (Lipinski definition) is 7. The van der Waals surface area contributed by atoms with Gasteiger partial charge in [-0.25, -0.2) is 13.7 Å². The van der Waals surface area contributed by atoms with Crippen molar-refractivity contribution in [1.29, 1.82) is 0 Å². The van der Waals surface area contributed by atoms with Gasteiger partial charge < -0.3 is 21.1 Å². The van der Waals surface area contributed by atoms with Gasteiger partial charge in [-0.15, -0.1) is 5.10 Å².